The molecule has 0 radical (unpaired) electrons. The van der Waals surface area contributed by atoms with Crippen LogP contribution in [0.5, 0.6) is 0 Å². The number of hydrogen-bond acceptors (Lipinski definition) is 3. The van der Waals surface area contributed by atoms with Crippen molar-refractivity contribution in [3.05, 3.63) is 0 Å². The van der Waals surface area contributed by atoms with E-state index in [9.17, 15) is 4.79 Å². The lowest BCUT2D eigenvalue weighted by atomic mass is 10.2. The van der Waals surface area contributed by atoms with E-state index in [1.165, 1.54) is 0 Å². The predicted molar refractivity (Wildman–Crippen MR) is 57.2 cm³/mol. The number of piperazine rings is 1. The third-order valence-electron chi connectivity index (χ3n) is 2.44. The first-order valence-electron chi connectivity index (χ1n) is 5.33. The van der Waals surface area contributed by atoms with E-state index in [1.807, 2.05) is 13.8 Å². The van der Waals surface area contributed by atoms with Gasteiger partial charge in [-0.3, -0.25) is 9.69 Å². The molecule has 0 saturated carbocycles. The van der Waals surface area contributed by atoms with E-state index in [-0.39, 0.29) is 11.9 Å². The van der Waals surface area contributed by atoms with Gasteiger partial charge in [-0.25, -0.2) is 0 Å². The average Bonchev–Trinajstić information content (AvgIpc) is 2.07. The quantitative estimate of drug-likeness (QED) is 0.662. The molecule has 0 bridgehead atoms. The number of nitrogens with zero attached hydrogens (tertiary/aromatic N) is 1. The topological polar surface area (TPSA) is 44.4 Å². The summed E-state index contributed by atoms with van der Waals surface area (Å²) in [4.78, 5) is 13.7. The van der Waals surface area contributed by atoms with E-state index in [1.54, 1.807) is 0 Å². The number of nitrogens with one attached hydrogen (secondary N) is 2. The second kappa shape index (κ2) is 5.32. The molecule has 4 nitrogen and oxygen atoms in total. The molecule has 1 aliphatic rings. The number of hydrogen-bond donors (Lipinski definition) is 2. The van der Waals surface area contributed by atoms with Crippen LogP contribution in [0, 0.1) is 0 Å². The lowest BCUT2D eigenvalue weighted by molar-refractivity contribution is -0.123. The molecule has 1 rings (SSSR count). The van der Waals surface area contributed by atoms with Gasteiger partial charge in [-0.15, -0.1) is 0 Å². The molecule has 1 unspecified atom stereocenters. The van der Waals surface area contributed by atoms with Gasteiger partial charge in [0, 0.05) is 31.7 Å². The van der Waals surface area contributed by atoms with Gasteiger partial charge in [0.05, 0.1) is 6.54 Å². The van der Waals surface area contributed by atoms with Crippen LogP contribution >= 0.6 is 0 Å². The lowest BCUT2D eigenvalue weighted by Gasteiger charge is -2.33. The summed E-state index contributed by atoms with van der Waals surface area (Å²) >= 11 is 0. The second-order valence-electron chi connectivity index (χ2n) is 4.25. The van der Waals surface area contributed by atoms with Crippen molar-refractivity contribution in [3.63, 3.8) is 0 Å². The Labute approximate surface area is 86.0 Å². The van der Waals surface area contributed by atoms with E-state index in [2.05, 4.69) is 22.5 Å². The van der Waals surface area contributed by atoms with Gasteiger partial charge in [0.15, 0.2) is 0 Å². The zero-order valence-corrected chi connectivity index (χ0v) is 9.34. The molecule has 1 atom stereocenters. The summed E-state index contributed by atoms with van der Waals surface area (Å²) in [5.41, 5.74) is 0. The van der Waals surface area contributed by atoms with E-state index in [0.717, 1.165) is 19.6 Å². The first kappa shape index (κ1) is 11.5. The second-order valence-corrected chi connectivity index (χ2v) is 4.25. The minimum atomic E-state index is 0.133. The van der Waals surface area contributed by atoms with Crippen LogP contribution in [0.15, 0.2) is 0 Å². The molecule has 4 heteroatoms. The molecule has 1 fully saturated rings. The fourth-order valence-corrected chi connectivity index (χ4v) is 1.67. The van der Waals surface area contributed by atoms with Gasteiger partial charge in [-0.2, -0.15) is 0 Å². The Balaban J connectivity index is 2.31. The molecule has 1 heterocycles. The summed E-state index contributed by atoms with van der Waals surface area (Å²) in [7, 11) is 0. The Morgan fingerprint density at radius 2 is 2.36 bits per heavy atom. The SMILES string of the molecule is CC(C)NC(=O)CN1CCNCC1C. The average molecular weight is 199 g/mol. The van der Waals surface area contributed by atoms with Gasteiger partial charge in [0.25, 0.3) is 0 Å². The smallest absolute Gasteiger partial charge is 0.234 e. The van der Waals surface area contributed by atoms with E-state index in [0.29, 0.717) is 12.6 Å². The number of rotatable bonds is 3. The summed E-state index contributed by atoms with van der Waals surface area (Å²) in [5, 5.41) is 6.21. The maximum atomic E-state index is 11.5. The van der Waals surface area contributed by atoms with Crippen molar-refractivity contribution in [1.29, 1.82) is 0 Å². The third kappa shape index (κ3) is 3.64. The highest BCUT2D eigenvalue weighted by Crippen LogP contribution is 2.01. The molecule has 82 valence electrons. The van der Waals surface area contributed by atoms with Crippen molar-refractivity contribution in [3.8, 4) is 0 Å². The Kier molecular flexibility index (Phi) is 4.35. The van der Waals surface area contributed by atoms with Gasteiger partial charge in [-0.05, 0) is 20.8 Å². The van der Waals surface area contributed by atoms with Crippen LogP contribution in [0.4, 0.5) is 0 Å². The van der Waals surface area contributed by atoms with E-state index < -0.39 is 0 Å². The summed E-state index contributed by atoms with van der Waals surface area (Å²) in [6.07, 6.45) is 0. The van der Waals surface area contributed by atoms with Gasteiger partial charge >= 0.3 is 0 Å². The Morgan fingerprint density at radius 3 is 2.93 bits per heavy atom. The Bertz CT molecular complexity index is 194. The van der Waals surface area contributed by atoms with Crippen molar-refractivity contribution < 1.29 is 4.79 Å². The maximum absolute atomic E-state index is 11.5. The molecule has 1 amide bonds. The minimum Gasteiger partial charge on any atom is -0.353 e. The van der Waals surface area contributed by atoms with E-state index in [4.69, 9.17) is 0 Å². The zero-order valence-electron chi connectivity index (χ0n) is 9.34. The molecule has 0 aromatic carbocycles. The molecule has 14 heavy (non-hydrogen) atoms. The van der Waals surface area contributed by atoms with Gasteiger partial charge in [0.1, 0.15) is 0 Å². The van der Waals surface area contributed by atoms with E-state index >= 15 is 0 Å². The standard InChI is InChI=1S/C10H21N3O/c1-8(2)12-10(14)7-13-5-4-11-6-9(13)3/h8-9,11H,4-7H2,1-3H3,(H,12,14). The normalized spacial score (nSPS) is 23.9. The summed E-state index contributed by atoms with van der Waals surface area (Å²) < 4.78 is 0. The molecule has 0 aromatic heterocycles. The molecule has 1 aliphatic heterocycles. The first-order chi connectivity index (χ1) is 6.59. The third-order valence-corrected chi connectivity index (χ3v) is 2.44. The molecular weight excluding hydrogens is 178 g/mol. The van der Waals surface area contributed by atoms with Crippen LogP contribution < -0.4 is 10.6 Å². The predicted octanol–water partition coefficient (Wildman–Crippen LogP) is -0.195. The van der Waals surface area contributed by atoms with Gasteiger partial charge in [0.2, 0.25) is 5.91 Å². The van der Waals surface area contributed by atoms with Crippen molar-refractivity contribution in [1.82, 2.24) is 15.5 Å². The van der Waals surface area contributed by atoms with Crippen molar-refractivity contribution in [2.45, 2.75) is 32.9 Å². The van der Waals surface area contributed by atoms with Crippen LogP contribution in [0.1, 0.15) is 20.8 Å². The molecule has 0 aliphatic carbocycles. The molecule has 1 saturated heterocycles. The van der Waals surface area contributed by atoms with Crippen LogP contribution in [-0.4, -0.2) is 49.1 Å². The highest BCUT2D eigenvalue weighted by molar-refractivity contribution is 5.78. The van der Waals surface area contributed by atoms with Crippen LogP contribution in [0.25, 0.3) is 0 Å². The highest BCUT2D eigenvalue weighted by atomic mass is 16.2. The molecular formula is C10H21N3O. The summed E-state index contributed by atoms with van der Waals surface area (Å²) in [5.74, 6) is 0.133. The van der Waals surface area contributed by atoms with Crippen LogP contribution in [-0.2, 0) is 4.79 Å². The lowest BCUT2D eigenvalue weighted by Crippen LogP contribution is -2.53. The Hall–Kier alpha value is -0.610. The summed E-state index contributed by atoms with van der Waals surface area (Å²) in [6.45, 7) is 9.58. The van der Waals surface area contributed by atoms with Crippen molar-refractivity contribution in [2.24, 2.45) is 0 Å². The maximum Gasteiger partial charge on any atom is 0.234 e. The van der Waals surface area contributed by atoms with Gasteiger partial charge < -0.3 is 10.6 Å². The largest absolute Gasteiger partial charge is 0.353 e. The number of amides is 1. The van der Waals surface area contributed by atoms with Crippen molar-refractivity contribution >= 4 is 5.91 Å². The molecule has 0 aromatic rings. The number of carbonyl (C=O) groups excluding carboxylic acids is 1. The number of carbonyl (C=O) groups is 1. The monoisotopic (exact) mass is 199 g/mol. The van der Waals surface area contributed by atoms with Gasteiger partial charge in [-0.1, -0.05) is 0 Å². The fourth-order valence-electron chi connectivity index (χ4n) is 1.67. The minimum absolute atomic E-state index is 0.133. The summed E-state index contributed by atoms with van der Waals surface area (Å²) in [6, 6.07) is 0.697. The fraction of sp³-hybridized carbons (Fsp3) is 0.900. The zero-order chi connectivity index (χ0) is 10.6. The highest BCUT2D eigenvalue weighted by Gasteiger charge is 2.20. The first-order valence-corrected chi connectivity index (χ1v) is 5.33. The van der Waals surface area contributed by atoms with Crippen LogP contribution in [0.2, 0.25) is 0 Å². The molecule has 2 N–H and O–H groups in total. The van der Waals surface area contributed by atoms with Crippen LogP contribution in [0.3, 0.4) is 0 Å². The Morgan fingerprint density at radius 1 is 1.64 bits per heavy atom. The molecule has 0 spiro atoms. The van der Waals surface area contributed by atoms with Crippen molar-refractivity contribution in [2.75, 3.05) is 26.2 Å².